The number of carbonyl (C=O) groups is 1. The minimum Gasteiger partial charge on any atom is -0.478 e. The molecule has 0 aliphatic carbocycles. The van der Waals surface area contributed by atoms with Gasteiger partial charge in [-0.3, -0.25) is 4.79 Å². The first-order valence-corrected chi connectivity index (χ1v) is 10.2. The van der Waals surface area contributed by atoms with Gasteiger partial charge in [0.2, 0.25) is 5.88 Å². The summed E-state index contributed by atoms with van der Waals surface area (Å²) in [6.07, 6.45) is 5.51. The van der Waals surface area contributed by atoms with E-state index in [1.54, 1.807) is 30.5 Å². The molecule has 4 rings (SSSR count). The van der Waals surface area contributed by atoms with Crippen molar-refractivity contribution in [1.29, 1.82) is 0 Å². The van der Waals surface area contributed by atoms with Crippen LogP contribution in [-0.4, -0.2) is 39.6 Å². The molecule has 1 aromatic carbocycles. The van der Waals surface area contributed by atoms with E-state index < -0.39 is 5.60 Å². The average Bonchev–Trinajstić information content (AvgIpc) is 2.94. The number of rotatable bonds is 5. The van der Waals surface area contributed by atoms with Gasteiger partial charge >= 0.3 is 0 Å². The Morgan fingerprint density at radius 3 is 2.39 bits per heavy atom. The van der Waals surface area contributed by atoms with Gasteiger partial charge in [-0.1, -0.05) is 17.7 Å². The Kier molecular flexibility index (Phi) is 5.19. The second-order valence-corrected chi connectivity index (χ2v) is 8.48. The van der Waals surface area contributed by atoms with E-state index in [1.807, 2.05) is 36.9 Å². The van der Waals surface area contributed by atoms with Crippen molar-refractivity contribution < 1.29 is 14.3 Å². The molecule has 0 radical (unpaired) electrons. The number of carbonyl (C=O) groups excluding carboxylic acids is 1. The number of nitrogens with zero attached hydrogens (tertiary/aromatic N) is 2. The highest BCUT2D eigenvalue weighted by atomic mass is 35.5. The van der Waals surface area contributed by atoms with Crippen molar-refractivity contribution in [3.05, 3.63) is 53.7 Å². The van der Waals surface area contributed by atoms with Gasteiger partial charge in [0.25, 0.3) is 5.91 Å². The highest BCUT2D eigenvalue weighted by Crippen LogP contribution is 2.39. The van der Waals surface area contributed by atoms with Gasteiger partial charge in [0.15, 0.2) is 5.60 Å². The van der Waals surface area contributed by atoms with Crippen LogP contribution in [0.1, 0.15) is 39.5 Å². The maximum atomic E-state index is 13.3. The molecule has 2 bridgehead atoms. The summed E-state index contributed by atoms with van der Waals surface area (Å²) in [5, 5.41) is 0.643. The van der Waals surface area contributed by atoms with Crippen LogP contribution in [0.5, 0.6) is 11.6 Å². The van der Waals surface area contributed by atoms with Gasteiger partial charge in [-0.05, 0) is 57.0 Å². The molecule has 3 heterocycles. The summed E-state index contributed by atoms with van der Waals surface area (Å²) in [4.78, 5) is 19.6. The highest BCUT2D eigenvalue weighted by Gasteiger charge is 2.48. The summed E-state index contributed by atoms with van der Waals surface area (Å²) in [6, 6.07) is 13.2. The van der Waals surface area contributed by atoms with Gasteiger partial charge < -0.3 is 14.4 Å². The number of aromatic nitrogens is 1. The molecule has 2 aromatic rings. The van der Waals surface area contributed by atoms with Gasteiger partial charge in [-0.2, -0.15) is 0 Å². The predicted octanol–water partition coefficient (Wildman–Crippen LogP) is 4.49. The lowest BCUT2D eigenvalue weighted by Crippen LogP contribution is -2.57. The van der Waals surface area contributed by atoms with Crippen molar-refractivity contribution in [2.75, 3.05) is 0 Å². The number of fused-ring (bicyclic) bond motifs is 2. The van der Waals surface area contributed by atoms with Crippen LogP contribution >= 0.6 is 11.6 Å². The van der Waals surface area contributed by atoms with Gasteiger partial charge in [0.1, 0.15) is 11.9 Å². The summed E-state index contributed by atoms with van der Waals surface area (Å²) in [6.45, 7) is 3.67. The molecule has 0 saturated carbocycles. The minimum absolute atomic E-state index is 0.0336. The predicted molar refractivity (Wildman–Crippen MR) is 108 cm³/mol. The highest BCUT2D eigenvalue weighted by molar-refractivity contribution is 6.30. The number of pyridine rings is 1. The van der Waals surface area contributed by atoms with Crippen LogP contribution in [0.2, 0.25) is 5.02 Å². The fourth-order valence-electron chi connectivity index (χ4n) is 4.29. The Bertz CT molecular complexity index is 811. The quantitative estimate of drug-likeness (QED) is 0.741. The second-order valence-electron chi connectivity index (χ2n) is 8.04. The van der Waals surface area contributed by atoms with Crippen LogP contribution in [0, 0.1) is 0 Å². The van der Waals surface area contributed by atoms with Crippen LogP contribution in [0.15, 0.2) is 48.7 Å². The Balaban J connectivity index is 1.43. The molecule has 2 atom stereocenters. The van der Waals surface area contributed by atoms with Crippen molar-refractivity contribution in [3.8, 4) is 11.6 Å². The topological polar surface area (TPSA) is 51.7 Å². The monoisotopic (exact) mass is 400 g/mol. The molecule has 2 aliphatic heterocycles. The van der Waals surface area contributed by atoms with Gasteiger partial charge in [-0.15, -0.1) is 0 Å². The van der Waals surface area contributed by atoms with E-state index in [4.69, 9.17) is 21.1 Å². The van der Waals surface area contributed by atoms with Crippen LogP contribution in [0.3, 0.4) is 0 Å². The minimum atomic E-state index is -0.941. The first-order valence-electron chi connectivity index (χ1n) is 9.77. The largest absolute Gasteiger partial charge is 0.478 e. The van der Waals surface area contributed by atoms with E-state index >= 15 is 0 Å². The third-order valence-electron chi connectivity index (χ3n) is 5.55. The maximum Gasteiger partial charge on any atom is 0.266 e. The lowest BCUT2D eigenvalue weighted by atomic mass is 9.96. The Morgan fingerprint density at radius 1 is 1.11 bits per heavy atom. The molecule has 0 spiro atoms. The molecule has 2 fully saturated rings. The Morgan fingerprint density at radius 2 is 1.79 bits per heavy atom. The molecule has 1 amide bonds. The number of benzene rings is 1. The second kappa shape index (κ2) is 7.63. The standard InChI is InChI=1S/C22H25ClN2O3/c1-22(2,28-18-10-6-15(23)7-11-18)21(26)25-16-8-9-17(25)14-19(13-16)27-20-5-3-4-12-24-20/h3-7,10-12,16-17,19H,8-9,13-14H2,1-2H3. The molecule has 2 aliphatic rings. The van der Waals surface area contributed by atoms with E-state index in [0.717, 1.165) is 25.7 Å². The molecule has 5 nitrogen and oxygen atoms in total. The van der Waals surface area contributed by atoms with E-state index in [9.17, 15) is 4.79 Å². The van der Waals surface area contributed by atoms with Gasteiger partial charge in [-0.25, -0.2) is 4.98 Å². The average molecular weight is 401 g/mol. The summed E-state index contributed by atoms with van der Waals surface area (Å²) in [7, 11) is 0. The Labute approximate surface area is 170 Å². The SMILES string of the molecule is CC(C)(Oc1ccc(Cl)cc1)C(=O)N1C2CCC1CC(Oc1ccccn1)C2. The van der Waals surface area contributed by atoms with E-state index in [0.29, 0.717) is 16.7 Å². The first kappa shape index (κ1) is 19.1. The number of piperidine rings is 1. The van der Waals surface area contributed by atoms with Crippen molar-refractivity contribution >= 4 is 17.5 Å². The number of hydrogen-bond donors (Lipinski definition) is 0. The summed E-state index contributed by atoms with van der Waals surface area (Å²) in [5.74, 6) is 1.33. The molecular formula is C22H25ClN2O3. The zero-order valence-electron chi connectivity index (χ0n) is 16.2. The number of amides is 1. The van der Waals surface area contributed by atoms with E-state index in [1.165, 1.54) is 0 Å². The molecular weight excluding hydrogens is 376 g/mol. The molecule has 6 heteroatoms. The molecule has 2 saturated heterocycles. The lowest BCUT2D eigenvalue weighted by molar-refractivity contribution is -0.151. The summed E-state index contributed by atoms with van der Waals surface area (Å²) < 4.78 is 12.1. The van der Waals surface area contributed by atoms with Crippen molar-refractivity contribution in [1.82, 2.24) is 9.88 Å². The van der Waals surface area contributed by atoms with E-state index in [-0.39, 0.29) is 24.1 Å². The molecule has 28 heavy (non-hydrogen) atoms. The Hall–Kier alpha value is -2.27. The van der Waals surface area contributed by atoms with E-state index in [2.05, 4.69) is 4.98 Å². The molecule has 148 valence electrons. The van der Waals surface area contributed by atoms with Crippen LogP contribution in [0.4, 0.5) is 0 Å². The summed E-state index contributed by atoms with van der Waals surface area (Å²) in [5.41, 5.74) is -0.941. The maximum absolute atomic E-state index is 13.3. The van der Waals surface area contributed by atoms with Crippen molar-refractivity contribution in [2.45, 2.75) is 63.3 Å². The number of ether oxygens (including phenoxy) is 2. The zero-order chi connectivity index (χ0) is 19.7. The smallest absolute Gasteiger partial charge is 0.266 e. The lowest BCUT2D eigenvalue weighted by Gasteiger charge is -2.42. The normalized spacial score (nSPS) is 24.1. The first-order chi connectivity index (χ1) is 13.4. The van der Waals surface area contributed by atoms with Gasteiger partial charge in [0, 0.05) is 42.2 Å². The fourth-order valence-corrected chi connectivity index (χ4v) is 4.42. The molecule has 0 N–H and O–H groups in total. The van der Waals surface area contributed by atoms with Crippen LogP contribution in [-0.2, 0) is 4.79 Å². The third-order valence-corrected chi connectivity index (χ3v) is 5.80. The van der Waals surface area contributed by atoms with Crippen molar-refractivity contribution in [2.24, 2.45) is 0 Å². The van der Waals surface area contributed by atoms with Crippen LogP contribution < -0.4 is 9.47 Å². The third kappa shape index (κ3) is 3.95. The zero-order valence-corrected chi connectivity index (χ0v) is 16.9. The summed E-state index contributed by atoms with van der Waals surface area (Å²) >= 11 is 5.94. The van der Waals surface area contributed by atoms with Gasteiger partial charge in [0.05, 0.1) is 0 Å². The number of hydrogen-bond acceptors (Lipinski definition) is 4. The fraction of sp³-hybridized carbons (Fsp3) is 0.455. The molecule has 2 unspecified atom stereocenters. The van der Waals surface area contributed by atoms with Crippen molar-refractivity contribution in [3.63, 3.8) is 0 Å². The van der Waals surface area contributed by atoms with Crippen LogP contribution in [0.25, 0.3) is 0 Å². The number of halogens is 1. The molecule has 1 aromatic heterocycles.